The van der Waals surface area contributed by atoms with Crippen molar-refractivity contribution in [3.63, 3.8) is 0 Å². The summed E-state index contributed by atoms with van der Waals surface area (Å²) in [7, 11) is 4.07. The molecule has 5 heteroatoms. The van der Waals surface area contributed by atoms with Crippen LogP contribution in [0.15, 0.2) is 103 Å². The quantitative estimate of drug-likeness (QED) is 0.270. The molecular formula is C30H28N4O. The second-order valence-corrected chi connectivity index (χ2v) is 8.49. The zero-order chi connectivity index (χ0) is 24.2. The van der Waals surface area contributed by atoms with E-state index in [-0.39, 0.29) is 0 Å². The Kier molecular flexibility index (Phi) is 6.31. The highest BCUT2D eigenvalue weighted by Gasteiger charge is 2.18. The van der Waals surface area contributed by atoms with Crippen molar-refractivity contribution in [2.75, 3.05) is 25.6 Å². The first-order valence-corrected chi connectivity index (χ1v) is 11.8. The maximum Gasteiger partial charge on any atom is 0.168 e. The molecule has 1 aromatic heterocycles. The van der Waals surface area contributed by atoms with Gasteiger partial charge in [0.1, 0.15) is 5.75 Å². The Morgan fingerprint density at radius 3 is 1.69 bits per heavy atom. The highest BCUT2D eigenvalue weighted by atomic mass is 16.5. The Morgan fingerprint density at radius 2 is 1.14 bits per heavy atom. The van der Waals surface area contributed by atoms with Crippen LogP contribution in [0.3, 0.4) is 0 Å². The molecule has 35 heavy (non-hydrogen) atoms. The standard InChI is InChI=1S/C30H28N4O/c1-4-35-28-20-18-27(19-21-28)34-29(24-12-10-23(11-13-24)22-8-6-5-7-9-22)31-32-30(34)25-14-16-26(17-15-25)33(2)3/h5-21H,4H2,1-3H3. The molecule has 0 aliphatic rings. The van der Waals surface area contributed by atoms with Crippen molar-refractivity contribution in [2.45, 2.75) is 6.92 Å². The zero-order valence-electron chi connectivity index (χ0n) is 20.2. The van der Waals surface area contributed by atoms with Crippen LogP contribution in [-0.4, -0.2) is 35.5 Å². The monoisotopic (exact) mass is 460 g/mol. The van der Waals surface area contributed by atoms with E-state index in [0.717, 1.165) is 39.9 Å². The Morgan fingerprint density at radius 1 is 0.629 bits per heavy atom. The van der Waals surface area contributed by atoms with Crippen LogP contribution in [-0.2, 0) is 0 Å². The van der Waals surface area contributed by atoms with Gasteiger partial charge in [0.15, 0.2) is 11.6 Å². The molecule has 5 nitrogen and oxygen atoms in total. The van der Waals surface area contributed by atoms with Crippen molar-refractivity contribution in [1.29, 1.82) is 0 Å². The lowest BCUT2D eigenvalue weighted by Crippen LogP contribution is -2.08. The number of ether oxygens (including phenoxy) is 1. The molecule has 5 rings (SSSR count). The molecule has 0 radical (unpaired) electrons. The van der Waals surface area contributed by atoms with Crippen LogP contribution in [0, 0.1) is 0 Å². The number of hydrogen-bond donors (Lipinski definition) is 0. The molecule has 0 spiro atoms. The van der Waals surface area contributed by atoms with Gasteiger partial charge in [-0.25, -0.2) is 0 Å². The van der Waals surface area contributed by atoms with Gasteiger partial charge in [0.25, 0.3) is 0 Å². The van der Waals surface area contributed by atoms with Crippen molar-refractivity contribution in [3.8, 4) is 45.3 Å². The van der Waals surface area contributed by atoms with Gasteiger partial charge in [-0.1, -0.05) is 54.6 Å². The third kappa shape index (κ3) is 4.66. The molecular weight excluding hydrogens is 432 g/mol. The van der Waals surface area contributed by atoms with E-state index in [1.807, 2.05) is 51.4 Å². The van der Waals surface area contributed by atoms with Gasteiger partial charge in [0, 0.05) is 36.6 Å². The van der Waals surface area contributed by atoms with E-state index in [1.54, 1.807) is 0 Å². The van der Waals surface area contributed by atoms with E-state index in [0.29, 0.717) is 6.61 Å². The lowest BCUT2D eigenvalue weighted by molar-refractivity contribution is 0.340. The molecule has 4 aromatic carbocycles. The van der Waals surface area contributed by atoms with Gasteiger partial charge in [-0.05, 0) is 66.6 Å². The summed E-state index contributed by atoms with van der Waals surface area (Å²) in [6, 6.07) is 35.3. The number of anilines is 1. The second-order valence-electron chi connectivity index (χ2n) is 8.49. The van der Waals surface area contributed by atoms with Crippen molar-refractivity contribution in [2.24, 2.45) is 0 Å². The molecule has 1 heterocycles. The maximum atomic E-state index is 5.65. The van der Waals surface area contributed by atoms with Crippen LogP contribution in [0.2, 0.25) is 0 Å². The minimum absolute atomic E-state index is 0.633. The van der Waals surface area contributed by atoms with E-state index < -0.39 is 0 Å². The van der Waals surface area contributed by atoms with Crippen molar-refractivity contribution < 1.29 is 4.74 Å². The van der Waals surface area contributed by atoms with Gasteiger partial charge in [0.2, 0.25) is 0 Å². The van der Waals surface area contributed by atoms with Crippen LogP contribution in [0.5, 0.6) is 5.75 Å². The fourth-order valence-electron chi connectivity index (χ4n) is 4.11. The number of nitrogens with zero attached hydrogens (tertiary/aromatic N) is 4. The third-order valence-corrected chi connectivity index (χ3v) is 5.96. The second kappa shape index (κ2) is 9.85. The highest BCUT2D eigenvalue weighted by Crippen LogP contribution is 2.31. The zero-order valence-corrected chi connectivity index (χ0v) is 20.2. The number of hydrogen-bond acceptors (Lipinski definition) is 4. The van der Waals surface area contributed by atoms with E-state index in [9.17, 15) is 0 Å². The molecule has 0 amide bonds. The van der Waals surface area contributed by atoms with Gasteiger partial charge >= 0.3 is 0 Å². The summed E-state index contributed by atoms with van der Waals surface area (Å²) in [5, 5.41) is 9.25. The van der Waals surface area contributed by atoms with Crippen LogP contribution < -0.4 is 9.64 Å². The van der Waals surface area contributed by atoms with Crippen LogP contribution in [0.25, 0.3) is 39.6 Å². The van der Waals surface area contributed by atoms with Crippen LogP contribution in [0.4, 0.5) is 5.69 Å². The summed E-state index contributed by atoms with van der Waals surface area (Å²) < 4.78 is 7.76. The summed E-state index contributed by atoms with van der Waals surface area (Å²) in [6.45, 7) is 2.62. The van der Waals surface area contributed by atoms with Gasteiger partial charge < -0.3 is 9.64 Å². The summed E-state index contributed by atoms with van der Waals surface area (Å²) in [6.07, 6.45) is 0. The van der Waals surface area contributed by atoms with E-state index in [4.69, 9.17) is 4.74 Å². The van der Waals surface area contributed by atoms with E-state index in [2.05, 4.69) is 92.5 Å². The molecule has 5 aromatic rings. The van der Waals surface area contributed by atoms with E-state index >= 15 is 0 Å². The molecule has 174 valence electrons. The van der Waals surface area contributed by atoms with Gasteiger partial charge in [-0.2, -0.15) is 0 Å². The van der Waals surface area contributed by atoms with Gasteiger partial charge in [0.05, 0.1) is 6.61 Å². The first-order valence-electron chi connectivity index (χ1n) is 11.8. The van der Waals surface area contributed by atoms with Crippen LogP contribution in [0.1, 0.15) is 6.92 Å². The van der Waals surface area contributed by atoms with Gasteiger partial charge in [-0.15, -0.1) is 10.2 Å². The summed E-state index contributed by atoms with van der Waals surface area (Å²) in [4.78, 5) is 2.08. The summed E-state index contributed by atoms with van der Waals surface area (Å²) in [5.74, 6) is 2.43. The Hall–Kier alpha value is -4.38. The highest BCUT2D eigenvalue weighted by molar-refractivity contribution is 5.71. The van der Waals surface area contributed by atoms with Gasteiger partial charge in [-0.3, -0.25) is 4.57 Å². The third-order valence-electron chi connectivity index (χ3n) is 5.96. The smallest absolute Gasteiger partial charge is 0.168 e. The molecule has 0 bridgehead atoms. The topological polar surface area (TPSA) is 43.2 Å². The first kappa shape index (κ1) is 22.4. The van der Waals surface area contributed by atoms with E-state index in [1.165, 1.54) is 11.1 Å². The lowest BCUT2D eigenvalue weighted by Gasteiger charge is -2.14. The minimum Gasteiger partial charge on any atom is -0.494 e. The van der Waals surface area contributed by atoms with Crippen molar-refractivity contribution in [3.05, 3.63) is 103 Å². The molecule has 0 atom stereocenters. The number of benzene rings is 4. The molecule has 0 fully saturated rings. The Balaban J connectivity index is 1.59. The average molecular weight is 461 g/mol. The molecule has 0 saturated carbocycles. The number of rotatable bonds is 7. The molecule has 0 saturated heterocycles. The Labute approximate surface area is 206 Å². The SMILES string of the molecule is CCOc1ccc(-n2c(-c3ccc(-c4ccccc4)cc3)nnc2-c2ccc(N(C)C)cc2)cc1. The minimum atomic E-state index is 0.633. The maximum absolute atomic E-state index is 5.65. The predicted octanol–water partition coefficient (Wildman–Crippen LogP) is 6.73. The molecule has 0 unspecified atom stereocenters. The summed E-state index contributed by atoms with van der Waals surface area (Å²) >= 11 is 0. The number of aromatic nitrogens is 3. The lowest BCUT2D eigenvalue weighted by atomic mass is 10.0. The molecule has 0 N–H and O–H groups in total. The molecule has 0 aliphatic carbocycles. The largest absolute Gasteiger partial charge is 0.494 e. The average Bonchev–Trinajstić information content (AvgIpc) is 3.35. The first-order chi connectivity index (χ1) is 17.1. The Bertz CT molecular complexity index is 1390. The molecule has 0 aliphatic heterocycles. The fourth-order valence-corrected chi connectivity index (χ4v) is 4.11. The summed E-state index contributed by atoms with van der Waals surface area (Å²) in [5.41, 5.74) is 6.48. The van der Waals surface area contributed by atoms with Crippen LogP contribution >= 0.6 is 0 Å². The van der Waals surface area contributed by atoms with Crippen molar-refractivity contribution >= 4 is 5.69 Å². The van der Waals surface area contributed by atoms with Crippen molar-refractivity contribution in [1.82, 2.24) is 14.8 Å². The fraction of sp³-hybridized carbons (Fsp3) is 0.133. The normalized spacial score (nSPS) is 10.8. The predicted molar refractivity (Wildman–Crippen MR) is 143 cm³/mol.